The van der Waals surface area contributed by atoms with Gasteiger partial charge in [0.1, 0.15) is 11.9 Å². The van der Waals surface area contributed by atoms with Crippen LogP contribution < -0.4 is 5.32 Å². The predicted octanol–water partition coefficient (Wildman–Crippen LogP) is 8.72. The van der Waals surface area contributed by atoms with Crippen molar-refractivity contribution in [2.45, 2.75) is 146 Å². The van der Waals surface area contributed by atoms with Crippen LogP contribution in [0.3, 0.4) is 0 Å². The Morgan fingerprint density at radius 2 is 1.76 bits per heavy atom. The Hall–Kier alpha value is -2.74. The number of fused-ring (bicyclic) bond motifs is 5. The fourth-order valence-electron chi connectivity index (χ4n) is 11.2. The number of rotatable bonds is 14. The summed E-state index contributed by atoms with van der Waals surface area (Å²) in [4.78, 5) is 52.8. The van der Waals surface area contributed by atoms with Gasteiger partial charge in [-0.2, -0.15) is 0 Å². The van der Waals surface area contributed by atoms with Crippen LogP contribution in [0.2, 0.25) is 0 Å². The lowest BCUT2D eigenvalue weighted by molar-refractivity contribution is -0.174. The van der Waals surface area contributed by atoms with Crippen molar-refractivity contribution in [1.29, 1.82) is 0 Å². The molecule has 7 unspecified atom stereocenters. The number of carboxylic acids is 1. The van der Waals surface area contributed by atoms with Gasteiger partial charge in [-0.1, -0.05) is 54.9 Å². The van der Waals surface area contributed by atoms with Crippen LogP contribution in [0.1, 0.15) is 139 Å². The fourth-order valence-corrected chi connectivity index (χ4v) is 11.2. The van der Waals surface area contributed by atoms with Gasteiger partial charge in [-0.3, -0.25) is 19.2 Å². The number of carboxylic acid groups (broad SMARTS) is 1. The molecule has 8 heteroatoms. The molecule has 50 heavy (non-hydrogen) atoms. The van der Waals surface area contributed by atoms with Crippen LogP contribution in [0.15, 0.2) is 34.0 Å². The average molecular weight is 694 g/mol. The quantitative estimate of drug-likeness (QED) is 0.186. The summed E-state index contributed by atoms with van der Waals surface area (Å²) in [5, 5.41) is 12.9. The molecule has 5 rings (SSSR count). The van der Waals surface area contributed by atoms with Gasteiger partial charge in [0.2, 0.25) is 0 Å². The van der Waals surface area contributed by atoms with Gasteiger partial charge in [0.05, 0.1) is 36.6 Å². The van der Waals surface area contributed by atoms with Crippen LogP contribution in [-0.4, -0.2) is 41.3 Å². The second-order valence-electron chi connectivity index (χ2n) is 18.5. The van der Waals surface area contributed by atoms with Crippen LogP contribution >= 0.6 is 0 Å². The van der Waals surface area contributed by atoms with Gasteiger partial charge in [0, 0.05) is 6.42 Å². The van der Waals surface area contributed by atoms with Crippen molar-refractivity contribution in [3.63, 3.8) is 0 Å². The first-order chi connectivity index (χ1) is 23.3. The van der Waals surface area contributed by atoms with Crippen LogP contribution in [-0.2, 0) is 30.5 Å². The van der Waals surface area contributed by atoms with E-state index in [1.165, 1.54) is 5.57 Å². The lowest BCUT2D eigenvalue weighted by Crippen LogP contribution is -2.61. The van der Waals surface area contributed by atoms with Crippen molar-refractivity contribution < 1.29 is 33.4 Å². The van der Waals surface area contributed by atoms with Gasteiger partial charge in [-0.05, 0) is 128 Å². The predicted molar refractivity (Wildman–Crippen MR) is 193 cm³/mol. The third kappa shape index (κ3) is 6.67. The highest BCUT2D eigenvalue weighted by atomic mass is 16.5. The van der Waals surface area contributed by atoms with Crippen molar-refractivity contribution in [3.8, 4) is 0 Å². The Kier molecular flexibility index (Phi) is 10.8. The summed E-state index contributed by atoms with van der Waals surface area (Å²) in [5.41, 5.74) is 0.259. The smallest absolute Gasteiger partial charge is 0.309 e. The first kappa shape index (κ1) is 38.5. The van der Waals surface area contributed by atoms with E-state index in [1.54, 1.807) is 20.1 Å². The molecule has 2 N–H and O–H groups in total. The number of allylic oxidation sites excluding steroid dienone is 2. The maximum Gasteiger partial charge on any atom is 0.309 e. The standard InChI is InChI=1S/C42H63NO7/c1-26(2)31(50-34(46)23-38(5,6)37(47)48)15-18-39(7)16-11-17-41(9)32(39)14-13-29-36-35(27(3)4)30(44)22-42(36,20-19-40(29,41)8)33(45)25-43-24-28-12-10-21-49-28/h10,12,21,26-27,29,31-32,43H,11,13-20,22-25H2,1-9H3,(H,47,48). The zero-order valence-electron chi connectivity index (χ0n) is 32.2. The highest BCUT2D eigenvalue weighted by Crippen LogP contribution is 2.74. The molecule has 0 amide bonds. The lowest BCUT2D eigenvalue weighted by atomic mass is 9.36. The normalized spacial score (nSPS) is 33.2. The third-order valence-electron chi connectivity index (χ3n) is 14.3. The summed E-state index contributed by atoms with van der Waals surface area (Å²) in [7, 11) is 0. The molecule has 4 aliphatic carbocycles. The van der Waals surface area contributed by atoms with E-state index in [0.717, 1.165) is 69.1 Å². The second kappa shape index (κ2) is 14.0. The molecule has 3 saturated carbocycles. The zero-order valence-corrected chi connectivity index (χ0v) is 32.2. The number of carbonyl (C=O) groups excluding carboxylic acids is 3. The Morgan fingerprint density at radius 3 is 2.38 bits per heavy atom. The van der Waals surface area contributed by atoms with Gasteiger partial charge in [-0.25, -0.2) is 0 Å². The van der Waals surface area contributed by atoms with E-state index >= 15 is 0 Å². The Morgan fingerprint density at radius 1 is 1.04 bits per heavy atom. The van der Waals surface area contributed by atoms with Crippen LogP contribution in [0.25, 0.3) is 0 Å². The molecule has 0 bridgehead atoms. The fraction of sp³-hybridized carbons (Fsp3) is 0.762. The van der Waals surface area contributed by atoms with E-state index in [9.17, 15) is 24.3 Å². The van der Waals surface area contributed by atoms with Gasteiger partial charge < -0.3 is 19.6 Å². The molecule has 0 saturated heterocycles. The second-order valence-corrected chi connectivity index (χ2v) is 18.5. The van der Waals surface area contributed by atoms with E-state index in [-0.39, 0.29) is 64.6 Å². The topological polar surface area (TPSA) is 123 Å². The van der Waals surface area contributed by atoms with Gasteiger partial charge in [0.25, 0.3) is 0 Å². The molecular formula is C42H63NO7. The van der Waals surface area contributed by atoms with Crippen LogP contribution in [0.5, 0.6) is 0 Å². The van der Waals surface area contributed by atoms with Crippen molar-refractivity contribution >= 4 is 23.5 Å². The summed E-state index contributed by atoms with van der Waals surface area (Å²) >= 11 is 0. The summed E-state index contributed by atoms with van der Waals surface area (Å²) in [6.45, 7) is 19.7. The minimum Gasteiger partial charge on any atom is -0.481 e. The van der Waals surface area contributed by atoms with Gasteiger partial charge in [0.15, 0.2) is 11.6 Å². The monoisotopic (exact) mass is 693 g/mol. The maximum absolute atomic E-state index is 14.3. The van der Waals surface area contributed by atoms with E-state index in [0.29, 0.717) is 18.9 Å². The number of aliphatic carboxylic acids is 1. The molecule has 0 radical (unpaired) electrons. The Bertz CT molecular complexity index is 1490. The number of carbonyl (C=O) groups is 4. The Balaban J connectivity index is 1.38. The molecule has 0 aromatic carbocycles. The van der Waals surface area contributed by atoms with E-state index in [1.807, 2.05) is 12.1 Å². The Labute approximate surface area is 299 Å². The number of furan rings is 1. The average Bonchev–Trinajstić information content (AvgIpc) is 3.65. The van der Waals surface area contributed by atoms with E-state index in [4.69, 9.17) is 9.15 Å². The zero-order chi connectivity index (χ0) is 36.9. The molecule has 1 heterocycles. The molecule has 1 aromatic heterocycles. The number of Topliss-reactive ketones (excluding diaryl/α,β-unsaturated/α-hetero) is 2. The molecule has 4 aliphatic rings. The van der Waals surface area contributed by atoms with E-state index < -0.39 is 22.8 Å². The van der Waals surface area contributed by atoms with Crippen molar-refractivity contribution in [3.05, 3.63) is 35.3 Å². The number of hydrogen-bond acceptors (Lipinski definition) is 7. The van der Waals surface area contributed by atoms with Crippen LogP contribution in [0, 0.1) is 50.7 Å². The third-order valence-corrected chi connectivity index (χ3v) is 14.3. The molecule has 3 fully saturated rings. The number of hydrogen-bond donors (Lipinski definition) is 2. The summed E-state index contributed by atoms with van der Waals surface area (Å²) in [6, 6.07) is 3.75. The van der Waals surface area contributed by atoms with Crippen molar-refractivity contribution in [2.24, 2.45) is 50.7 Å². The van der Waals surface area contributed by atoms with Crippen molar-refractivity contribution in [2.75, 3.05) is 6.54 Å². The number of esters is 1. The highest BCUT2D eigenvalue weighted by molar-refractivity contribution is 6.07. The highest BCUT2D eigenvalue weighted by Gasteiger charge is 2.67. The summed E-state index contributed by atoms with van der Waals surface area (Å²) in [5.74, 6) is 0.517. The molecule has 1 aromatic rings. The maximum atomic E-state index is 14.3. The summed E-state index contributed by atoms with van der Waals surface area (Å²) in [6.07, 6.45) is 10.3. The molecule has 8 nitrogen and oxygen atoms in total. The first-order valence-electron chi connectivity index (χ1n) is 19.3. The molecule has 278 valence electrons. The largest absolute Gasteiger partial charge is 0.481 e. The van der Waals surface area contributed by atoms with Crippen LogP contribution in [0.4, 0.5) is 0 Å². The van der Waals surface area contributed by atoms with Crippen molar-refractivity contribution in [1.82, 2.24) is 5.32 Å². The minimum atomic E-state index is -1.17. The minimum absolute atomic E-state index is 0.0336. The molecule has 7 atom stereocenters. The SMILES string of the molecule is CC(C)C1=C2C3CCC4C(C)(CCC(OC(=O)CC(C)(C)C(=O)O)C(C)C)CCCC4(C)C3(C)CCC2(C(=O)CNCc2ccco2)CC1=O. The van der Waals surface area contributed by atoms with Gasteiger partial charge >= 0.3 is 11.9 Å². The number of ketones is 2. The van der Waals surface area contributed by atoms with E-state index in [2.05, 4.69) is 53.8 Å². The summed E-state index contributed by atoms with van der Waals surface area (Å²) < 4.78 is 11.5. The molecule has 0 spiro atoms. The number of ether oxygens (including phenoxy) is 1. The van der Waals surface area contributed by atoms with Gasteiger partial charge in [-0.15, -0.1) is 0 Å². The molecule has 0 aliphatic heterocycles. The lowest BCUT2D eigenvalue weighted by Gasteiger charge is -2.68. The number of nitrogens with one attached hydrogen (secondary N) is 1. The molecular weight excluding hydrogens is 630 g/mol. The first-order valence-corrected chi connectivity index (χ1v) is 19.3.